The van der Waals surface area contributed by atoms with Crippen molar-refractivity contribution in [3.63, 3.8) is 0 Å². The minimum atomic E-state index is -0.154. The molecule has 0 aromatic heterocycles. The predicted octanol–water partition coefficient (Wildman–Crippen LogP) is 8.08. The zero-order chi connectivity index (χ0) is 28.3. The van der Waals surface area contributed by atoms with Crippen molar-refractivity contribution < 1.29 is 19.4 Å². The monoisotopic (exact) mass is 524 g/mol. The third-order valence-corrected chi connectivity index (χ3v) is 7.63. The molecule has 0 aliphatic carbocycles. The fraction of sp³-hybridized carbons (Fsp3) is 0.562. The van der Waals surface area contributed by atoms with Gasteiger partial charge in [0.1, 0.15) is 11.5 Å². The average molecular weight is 525 g/mol. The molecule has 210 valence electrons. The third-order valence-electron chi connectivity index (χ3n) is 7.63. The summed E-state index contributed by atoms with van der Waals surface area (Å²) < 4.78 is 6.17. The highest BCUT2D eigenvalue weighted by Gasteiger charge is 2.26. The number of phenols is 1. The molecule has 0 heterocycles. The van der Waals surface area contributed by atoms with Gasteiger partial charge >= 0.3 is 0 Å². The molecule has 0 saturated carbocycles. The molecule has 38 heavy (non-hydrogen) atoms. The summed E-state index contributed by atoms with van der Waals surface area (Å²) in [6, 6.07) is 11.3. The van der Waals surface area contributed by atoms with Gasteiger partial charge in [-0.15, -0.1) is 0 Å². The Balaban J connectivity index is 1.92. The second kappa shape index (κ2) is 14.2. The second-order valence-corrected chi connectivity index (χ2v) is 11.4. The highest BCUT2D eigenvalue weighted by atomic mass is 16.5. The van der Waals surface area contributed by atoms with E-state index in [4.69, 9.17) is 4.74 Å². The molecule has 0 aliphatic rings. The van der Waals surface area contributed by atoms with E-state index in [1.807, 2.05) is 0 Å². The number of hydrogen-bond acceptors (Lipinski definition) is 4. The number of anilines is 2. The number of amides is 2. The van der Waals surface area contributed by atoms with Crippen molar-refractivity contribution in [3.05, 3.63) is 47.5 Å². The van der Waals surface area contributed by atoms with E-state index in [-0.39, 0.29) is 28.4 Å². The number of unbranched alkanes of at least 4 members (excludes halogenated alkanes) is 2. The standard InChI is InChI=1S/C32H48N2O4/c1-8-11-12-14-30(37)34-26-18-17-24(22-27(26)35)33-29(36)15-13-20-38-28-19-16-23(31(4,5)9-2)21-25(28)32(6,7)10-3/h16-19,21-22,35H,8-15,20H2,1-7H3,(H,33,36)(H,34,37). The molecule has 0 fully saturated rings. The van der Waals surface area contributed by atoms with Gasteiger partial charge in [-0.25, -0.2) is 0 Å². The van der Waals surface area contributed by atoms with Crippen LogP contribution in [-0.4, -0.2) is 23.5 Å². The number of nitrogens with one attached hydrogen (secondary N) is 2. The molecule has 6 nitrogen and oxygen atoms in total. The Morgan fingerprint density at radius 2 is 1.47 bits per heavy atom. The maximum atomic E-state index is 12.5. The number of benzene rings is 2. The van der Waals surface area contributed by atoms with Crippen LogP contribution < -0.4 is 15.4 Å². The van der Waals surface area contributed by atoms with Gasteiger partial charge in [-0.3, -0.25) is 9.59 Å². The van der Waals surface area contributed by atoms with Crippen LogP contribution in [0.5, 0.6) is 11.5 Å². The SMILES string of the molecule is CCCCCC(=O)Nc1ccc(NC(=O)CCCOc2ccc(C(C)(C)CC)cc2C(C)(C)CC)cc1O. The number of aromatic hydroxyl groups is 1. The summed E-state index contributed by atoms with van der Waals surface area (Å²) in [6.07, 6.45) is 6.20. The van der Waals surface area contributed by atoms with E-state index in [1.165, 1.54) is 17.2 Å². The molecule has 0 spiro atoms. The molecule has 0 saturated heterocycles. The van der Waals surface area contributed by atoms with Gasteiger partial charge in [-0.05, 0) is 60.3 Å². The predicted molar refractivity (Wildman–Crippen MR) is 157 cm³/mol. The first kappa shape index (κ1) is 31.2. The van der Waals surface area contributed by atoms with Gasteiger partial charge in [-0.2, -0.15) is 0 Å². The topological polar surface area (TPSA) is 87.7 Å². The van der Waals surface area contributed by atoms with Crippen LogP contribution in [0.15, 0.2) is 36.4 Å². The molecule has 6 heteroatoms. The normalized spacial score (nSPS) is 11.8. The van der Waals surface area contributed by atoms with Crippen molar-refractivity contribution in [1.82, 2.24) is 0 Å². The summed E-state index contributed by atoms with van der Waals surface area (Å²) in [5, 5.41) is 15.8. The molecule has 0 aliphatic heterocycles. The second-order valence-electron chi connectivity index (χ2n) is 11.4. The minimum Gasteiger partial charge on any atom is -0.506 e. The number of rotatable bonds is 15. The van der Waals surface area contributed by atoms with Crippen molar-refractivity contribution in [2.24, 2.45) is 0 Å². The van der Waals surface area contributed by atoms with Gasteiger partial charge in [0.15, 0.2) is 0 Å². The summed E-state index contributed by atoms with van der Waals surface area (Å²) in [7, 11) is 0. The fourth-order valence-corrected chi connectivity index (χ4v) is 4.10. The Kier molecular flexibility index (Phi) is 11.7. The number of hydrogen-bond donors (Lipinski definition) is 3. The molecule has 0 radical (unpaired) electrons. The highest BCUT2D eigenvalue weighted by Crippen LogP contribution is 2.38. The van der Waals surface area contributed by atoms with E-state index < -0.39 is 0 Å². The number of carbonyl (C=O) groups excluding carboxylic acids is 2. The molecule has 2 amide bonds. The lowest BCUT2D eigenvalue weighted by atomic mass is 9.76. The highest BCUT2D eigenvalue weighted by molar-refractivity contribution is 5.94. The van der Waals surface area contributed by atoms with E-state index in [9.17, 15) is 14.7 Å². The zero-order valence-corrected chi connectivity index (χ0v) is 24.5. The summed E-state index contributed by atoms with van der Waals surface area (Å²) in [5.74, 6) is 0.527. The molecule has 0 bridgehead atoms. The summed E-state index contributed by atoms with van der Waals surface area (Å²) in [5.41, 5.74) is 3.43. The van der Waals surface area contributed by atoms with Crippen LogP contribution in [-0.2, 0) is 20.4 Å². The lowest BCUT2D eigenvalue weighted by molar-refractivity contribution is -0.117. The van der Waals surface area contributed by atoms with E-state index >= 15 is 0 Å². The van der Waals surface area contributed by atoms with Gasteiger partial charge in [0.05, 0.1) is 12.3 Å². The molecule has 3 N–H and O–H groups in total. The number of carbonyl (C=O) groups is 2. The van der Waals surface area contributed by atoms with Crippen molar-refractivity contribution >= 4 is 23.2 Å². The molecule has 0 atom stereocenters. The Labute approximate surface area is 229 Å². The zero-order valence-electron chi connectivity index (χ0n) is 24.5. The summed E-state index contributed by atoms with van der Waals surface area (Å²) in [6.45, 7) is 15.9. The first-order valence-electron chi connectivity index (χ1n) is 14.1. The van der Waals surface area contributed by atoms with Crippen LogP contribution in [0, 0.1) is 0 Å². The third kappa shape index (κ3) is 9.07. The van der Waals surface area contributed by atoms with Gasteiger partial charge in [-0.1, -0.05) is 73.4 Å². The van der Waals surface area contributed by atoms with E-state index in [0.29, 0.717) is 37.2 Å². The van der Waals surface area contributed by atoms with Gasteiger partial charge in [0.25, 0.3) is 0 Å². The quantitative estimate of drug-likeness (QED) is 0.162. The number of ether oxygens (including phenoxy) is 1. The van der Waals surface area contributed by atoms with Crippen LogP contribution in [0.3, 0.4) is 0 Å². The molecule has 2 aromatic rings. The maximum Gasteiger partial charge on any atom is 0.224 e. The molecule has 0 unspecified atom stereocenters. The summed E-state index contributed by atoms with van der Waals surface area (Å²) in [4.78, 5) is 24.5. The van der Waals surface area contributed by atoms with Crippen molar-refractivity contribution in [3.8, 4) is 11.5 Å². The molecular weight excluding hydrogens is 476 g/mol. The van der Waals surface area contributed by atoms with Gasteiger partial charge in [0.2, 0.25) is 11.8 Å². The number of phenolic OH excluding ortho intramolecular Hbond substituents is 1. The van der Waals surface area contributed by atoms with Crippen LogP contribution >= 0.6 is 0 Å². The van der Waals surface area contributed by atoms with Crippen molar-refractivity contribution in [2.45, 2.75) is 111 Å². The Morgan fingerprint density at radius 1 is 0.816 bits per heavy atom. The Bertz CT molecular complexity index is 1080. The van der Waals surface area contributed by atoms with Crippen molar-refractivity contribution in [2.75, 3.05) is 17.2 Å². The Morgan fingerprint density at radius 3 is 2.11 bits per heavy atom. The largest absolute Gasteiger partial charge is 0.506 e. The van der Waals surface area contributed by atoms with Crippen molar-refractivity contribution in [1.29, 1.82) is 0 Å². The lowest BCUT2D eigenvalue weighted by Crippen LogP contribution is -2.21. The maximum absolute atomic E-state index is 12.5. The van der Waals surface area contributed by atoms with Gasteiger partial charge < -0.3 is 20.5 Å². The lowest BCUT2D eigenvalue weighted by Gasteiger charge is -2.30. The smallest absolute Gasteiger partial charge is 0.224 e. The van der Waals surface area contributed by atoms with Crippen LogP contribution in [0.25, 0.3) is 0 Å². The van der Waals surface area contributed by atoms with Crippen LogP contribution in [0.1, 0.15) is 111 Å². The first-order chi connectivity index (χ1) is 17.9. The fourth-order valence-electron chi connectivity index (χ4n) is 4.10. The molecule has 2 rings (SSSR count). The molecular formula is C32H48N2O4. The van der Waals surface area contributed by atoms with Gasteiger partial charge in [0, 0.05) is 30.2 Å². The summed E-state index contributed by atoms with van der Waals surface area (Å²) >= 11 is 0. The van der Waals surface area contributed by atoms with E-state index in [2.05, 4.69) is 77.3 Å². The van der Waals surface area contributed by atoms with E-state index in [1.54, 1.807) is 12.1 Å². The van der Waals surface area contributed by atoms with Crippen LogP contribution in [0.2, 0.25) is 0 Å². The first-order valence-corrected chi connectivity index (χ1v) is 14.1. The Hall–Kier alpha value is -3.02. The van der Waals surface area contributed by atoms with E-state index in [0.717, 1.165) is 37.9 Å². The minimum absolute atomic E-state index is 0.0182. The molecule has 2 aromatic carbocycles. The average Bonchev–Trinajstić information content (AvgIpc) is 2.88. The van der Waals surface area contributed by atoms with Crippen LogP contribution in [0.4, 0.5) is 11.4 Å².